The predicted octanol–water partition coefficient (Wildman–Crippen LogP) is 3.84. The minimum absolute atomic E-state index is 0.280. The summed E-state index contributed by atoms with van der Waals surface area (Å²) >= 11 is 5.95. The lowest BCUT2D eigenvalue weighted by atomic mass is 9.96. The van der Waals surface area contributed by atoms with Crippen molar-refractivity contribution in [1.29, 1.82) is 0 Å². The molecule has 0 aliphatic heterocycles. The summed E-state index contributed by atoms with van der Waals surface area (Å²) in [5.41, 5.74) is 8.84. The third-order valence-electron chi connectivity index (χ3n) is 2.78. The molecule has 0 spiro atoms. The Labute approximate surface area is 105 Å². The van der Waals surface area contributed by atoms with Gasteiger partial charge in [-0.15, -0.1) is 0 Å². The first-order chi connectivity index (χ1) is 8.08. The average molecular weight is 250 g/mol. The van der Waals surface area contributed by atoms with Crippen molar-refractivity contribution < 1.29 is 4.39 Å². The van der Waals surface area contributed by atoms with Gasteiger partial charge in [-0.2, -0.15) is 0 Å². The largest absolute Gasteiger partial charge is 0.320 e. The van der Waals surface area contributed by atoms with Crippen LogP contribution in [-0.4, -0.2) is 0 Å². The van der Waals surface area contributed by atoms with E-state index in [9.17, 15) is 4.39 Å². The van der Waals surface area contributed by atoms with Gasteiger partial charge in [0.15, 0.2) is 0 Å². The lowest BCUT2D eigenvalue weighted by Crippen LogP contribution is -2.13. The van der Waals surface area contributed by atoms with Gasteiger partial charge in [0, 0.05) is 5.02 Å². The fraction of sp³-hybridized carbons (Fsp3) is 0.143. The van der Waals surface area contributed by atoms with E-state index in [1.807, 2.05) is 31.2 Å². The maximum Gasteiger partial charge on any atom is 0.123 e. The van der Waals surface area contributed by atoms with Gasteiger partial charge >= 0.3 is 0 Å². The van der Waals surface area contributed by atoms with Crippen molar-refractivity contribution in [3.05, 3.63) is 70.0 Å². The molecule has 17 heavy (non-hydrogen) atoms. The molecule has 0 amide bonds. The maximum atomic E-state index is 13.1. The molecular weight excluding hydrogens is 237 g/mol. The van der Waals surface area contributed by atoms with Crippen LogP contribution in [-0.2, 0) is 0 Å². The monoisotopic (exact) mass is 249 g/mol. The molecule has 2 N–H and O–H groups in total. The summed E-state index contributed by atoms with van der Waals surface area (Å²) in [7, 11) is 0. The van der Waals surface area contributed by atoms with Gasteiger partial charge in [-0.25, -0.2) is 4.39 Å². The van der Waals surface area contributed by atoms with Crippen molar-refractivity contribution in [2.24, 2.45) is 5.73 Å². The first-order valence-corrected chi connectivity index (χ1v) is 5.73. The molecule has 1 nitrogen and oxygen atoms in total. The van der Waals surface area contributed by atoms with Crippen molar-refractivity contribution >= 4 is 11.6 Å². The van der Waals surface area contributed by atoms with E-state index in [0.717, 1.165) is 16.7 Å². The van der Waals surface area contributed by atoms with E-state index in [4.69, 9.17) is 17.3 Å². The molecule has 0 radical (unpaired) electrons. The Kier molecular flexibility index (Phi) is 3.46. The number of halogens is 2. The highest BCUT2D eigenvalue weighted by Crippen LogP contribution is 2.25. The van der Waals surface area contributed by atoms with Crippen LogP contribution in [0.3, 0.4) is 0 Å². The zero-order chi connectivity index (χ0) is 12.4. The van der Waals surface area contributed by atoms with Crippen molar-refractivity contribution in [2.75, 3.05) is 0 Å². The second-order valence-corrected chi connectivity index (χ2v) is 4.47. The topological polar surface area (TPSA) is 26.0 Å². The van der Waals surface area contributed by atoms with Gasteiger partial charge in [-0.1, -0.05) is 29.8 Å². The molecule has 0 aromatic heterocycles. The zero-order valence-corrected chi connectivity index (χ0v) is 10.2. The first kappa shape index (κ1) is 12.1. The van der Waals surface area contributed by atoms with Crippen molar-refractivity contribution in [1.82, 2.24) is 0 Å². The van der Waals surface area contributed by atoms with Crippen molar-refractivity contribution in [3.63, 3.8) is 0 Å². The summed E-state index contributed by atoms with van der Waals surface area (Å²) in [5, 5.41) is 0.637. The number of aryl methyl sites for hydroxylation is 1. The van der Waals surface area contributed by atoms with Crippen molar-refractivity contribution in [2.45, 2.75) is 13.0 Å². The second kappa shape index (κ2) is 4.86. The third kappa shape index (κ3) is 2.65. The van der Waals surface area contributed by atoms with E-state index in [1.165, 1.54) is 12.1 Å². The summed E-state index contributed by atoms with van der Waals surface area (Å²) in [6.07, 6.45) is 0. The second-order valence-electron chi connectivity index (χ2n) is 4.03. The normalized spacial score (nSPS) is 12.5. The quantitative estimate of drug-likeness (QED) is 0.860. The van der Waals surface area contributed by atoms with Crippen LogP contribution in [0.5, 0.6) is 0 Å². The Bertz CT molecular complexity index is 539. The van der Waals surface area contributed by atoms with Crippen LogP contribution in [0.15, 0.2) is 42.5 Å². The Morgan fingerprint density at radius 1 is 1.18 bits per heavy atom. The van der Waals surface area contributed by atoms with Crippen LogP contribution in [0.4, 0.5) is 4.39 Å². The fourth-order valence-corrected chi connectivity index (χ4v) is 2.01. The van der Waals surface area contributed by atoms with Crippen LogP contribution in [0.1, 0.15) is 22.7 Å². The van der Waals surface area contributed by atoms with Gasteiger partial charge in [-0.05, 0) is 47.9 Å². The minimum atomic E-state index is -0.357. The summed E-state index contributed by atoms with van der Waals surface area (Å²) in [4.78, 5) is 0. The molecule has 88 valence electrons. The molecule has 2 aromatic carbocycles. The predicted molar refractivity (Wildman–Crippen MR) is 68.6 cm³/mol. The summed E-state index contributed by atoms with van der Waals surface area (Å²) in [6.45, 7) is 1.96. The zero-order valence-electron chi connectivity index (χ0n) is 9.45. The molecule has 2 rings (SSSR count). The number of rotatable bonds is 2. The van der Waals surface area contributed by atoms with Crippen LogP contribution >= 0.6 is 11.6 Å². The van der Waals surface area contributed by atoms with Crippen LogP contribution in [0, 0.1) is 12.7 Å². The van der Waals surface area contributed by atoms with E-state index >= 15 is 0 Å². The maximum absolute atomic E-state index is 13.1. The summed E-state index contributed by atoms with van der Waals surface area (Å²) in [6, 6.07) is 11.5. The third-order valence-corrected chi connectivity index (χ3v) is 3.02. The smallest absolute Gasteiger partial charge is 0.123 e. The SMILES string of the molecule is Cc1ccc(Cl)cc1C(N)c1cccc(F)c1. The summed E-state index contributed by atoms with van der Waals surface area (Å²) in [5.74, 6) is -0.280. The van der Waals surface area contributed by atoms with Crippen LogP contribution in [0.2, 0.25) is 5.02 Å². The number of hydrogen-bond acceptors (Lipinski definition) is 1. The molecule has 0 bridgehead atoms. The van der Waals surface area contributed by atoms with Gasteiger partial charge in [0.1, 0.15) is 5.82 Å². The lowest BCUT2D eigenvalue weighted by Gasteiger charge is -2.15. The molecule has 0 heterocycles. The van der Waals surface area contributed by atoms with E-state index in [1.54, 1.807) is 6.07 Å². The highest BCUT2D eigenvalue weighted by molar-refractivity contribution is 6.30. The average Bonchev–Trinajstić information content (AvgIpc) is 2.31. The molecular formula is C14H13ClFN. The Morgan fingerprint density at radius 3 is 2.65 bits per heavy atom. The van der Waals surface area contributed by atoms with Gasteiger partial charge in [0.25, 0.3) is 0 Å². The minimum Gasteiger partial charge on any atom is -0.320 e. The molecule has 2 aromatic rings. The highest BCUT2D eigenvalue weighted by Gasteiger charge is 2.12. The Morgan fingerprint density at radius 2 is 1.94 bits per heavy atom. The van der Waals surface area contributed by atoms with Crippen molar-refractivity contribution in [3.8, 4) is 0 Å². The molecule has 1 atom stereocenters. The van der Waals surface area contributed by atoms with Gasteiger partial charge < -0.3 is 5.73 Å². The van der Waals surface area contributed by atoms with Crippen LogP contribution < -0.4 is 5.73 Å². The summed E-state index contributed by atoms with van der Waals surface area (Å²) < 4.78 is 13.1. The molecule has 0 saturated heterocycles. The van der Waals surface area contributed by atoms with Gasteiger partial charge in [-0.3, -0.25) is 0 Å². The lowest BCUT2D eigenvalue weighted by molar-refractivity contribution is 0.623. The Balaban J connectivity index is 2.43. The van der Waals surface area contributed by atoms with E-state index < -0.39 is 0 Å². The molecule has 0 aliphatic carbocycles. The van der Waals surface area contributed by atoms with Gasteiger partial charge in [0.05, 0.1) is 6.04 Å². The molecule has 0 fully saturated rings. The standard InChI is InChI=1S/C14H13ClFN/c1-9-5-6-11(15)8-13(9)14(17)10-3-2-4-12(16)7-10/h2-8,14H,17H2,1H3. The number of benzene rings is 2. The molecule has 1 unspecified atom stereocenters. The van der Waals surface area contributed by atoms with Gasteiger partial charge in [0.2, 0.25) is 0 Å². The molecule has 0 saturated carbocycles. The first-order valence-electron chi connectivity index (χ1n) is 5.35. The fourth-order valence-electron chi connectivity index (χ4n) is 1.83. The van der Waals surface area contributed by atoms with E-state index in [2.05, 4.69) is 0 Å². The number of hydrogen-bond donors (Lipinski definition) is 1. The number of nitrogens with two attached hydrogens (primary N) is 1. The van der Waals surface area contributed by atoms with E-state index in [-0.39, 0.29) is 11.9 Å². The molecule has 3 heteroatoms. The molecule has 0 aliphatic rings. The highest BCUT2D eigenvalue weighted by atomic mass is 35.5. The van der Waals surface area contributed by atoms with Crippen LogP contribution in [0.25, 0.3) is 0 Å². The van der Waals surface area contributed by atoms with E-state index in [0.29, 0.717) is 5.02 Å². The Hall–Kier alpha value is -1.38.